The first-order valence-electron chi connectivity index (χ1n) is 5.98. The van der Waals surface area contributed by atoms with Gasteiger partial charge in [-0.1, -0.05) is 33.6 Å². The van der Waals surface area contributed by atoms with Crippen LogP contribution in [0.4, 0.5) is 0 Å². The van der Waals surface area contributed by atoms with Gasteiger partial charge in [-0.2, -0.15) is 0 Å². The van der Waals surface area contributed by atoms with E-state index >= 15 is 0 Å². The van der Waals surface area contributed by atoms with Gasteiger partial charge in [0.1, 0.15) is 0 Å². The molecule has 0 rings (SSSR count). The number of carbonyl (C=O) groups is 1. The minimum atomic E-state index is -0.711. The Hall–Kier alpha value is -0.570. The van der Waals surface area contributed by atoms with Crippen LogP contribution < -0.4 is 0 Å². The third-order valence-corrected chi connectivity index (χ3v) is 1.75. The molecule has 0 radical (unpaired) electrons. The molecule has 0 atom stereocenters. The predicted molar refractivity (Wildman–Crippen MR) is 63.2 cm³/mol. The molecular weight excluding hydrogens is 192 g/mol. The molecule has 1 N–H and O–H groups in total. The first kappa shape index (κ1) is 16.8. The van der Waals surface area contributed by atoms with Gasteiger partial charge in [-0.05, 0) is 19.3 Å². The van der Waals surface area contributed by atoms with Crippen LogP contribution in [0.3, 0.4) is 0 Å². The van der Waals surface area contributed by atoms with Gasteiger partial charge >= 0.3 is 5.97 Å². The fourth-order valence-corrected chi connectivity index (χ4v) is 0.809. The van der Waals surface area contributed by atoms with Crippen molar-refractivity contribution in [2.75, 3.05) is 13.2 Å². The van der Waals surface area contributed by atoms with Crippen molar-refractivity contribution < 1.29 is 14.6 Å². The highest BCUT2D eigenvalue weighted by Crippen LogP contribution is 1.91. The molecule has 0 aromatic rings. The van der Waals surface area contributed by atoms with E-state index in [9.17, 15) is 4.79 Å². The first-order chi connectivity index (χ1) is 7.18. The van der Waals surface area contributed by atoms with Gasteiger partial charge in [0, 0.05) is 19.6 Å². The standard InChI is InChI=1S/C8H18O.C4H8O2/c1-3-5-7-9-8-6-4-2;1-2-3-4(5)6/h3-8H2,1-2H3;2-3H2,1H3,(H,5,6). The Morgan fingerprint density at radius 2 is 1.47 bits per heavy atom. The van der Waals surface area contributed by atoms with Crippen molar-refractivity contribution in [3.05, 3.63) is 0 Å². The predicted octanol–water partition coefficient (Wildman–Crippen LogP) is 3.47. The summed E-state index contributed by atoms with van der Waals surface area (Å²) in [7, 11) is 0. The minimum absolute atomic E-state index is 0.292. The molecule has 0 aliphatic carbocycles. The Morgan fingerprint density at radius 3 is 1.67 bits per heavy atom. The maximum absolute atomic E-state index is 9.60. The maximum atomic E-state index is 9.60. The molecule has 0 amide bonds. The molecule has 0 spiro atoms. The molecule has 0 saturated carbocycles. The molecule has 0 aromatic carbocycles. The number of hydrogen-bond acceptors (Lipinski definition) is 2. The smallest absolute Gasteiger partial charge is 0.303 e. The SMILES string of the molecule is CCCC(=O)O.CCCCOCCCC. The Morgan fingerprint density at radius 1 is 1.00 bits per heavy atom. The lowest BCUT2D eigenvalue weighted by atomic mass is 10.3. The molecule has 0 saturated heterocycles. The van der Waals surface area contributed by atoms with Gasteiger partial charge in [-0.3, -0.25) is 4.79 Å². The molecule has 92 valence electrons. The van der Waals surface area contributed by atoms with E-state index in [2.05, 4.69) is 13.8 Å². The number of carboxylic acids is 1. The Balaban J connectivity index is 0. The van der Waals surface area contributed by atoms with Gasteiger partial charge in [0.15, 0.2) is 0 Å². The van der Waals surface area contributed by atoms with Crippen LogP contribution in [0, 0.1) is 0 Å². The summed E-state index contributed by atoms with van der Waals surface area (Å²) in [6.45, 7) is 8.12. The van der Waals surface area contributed by atoms with Crippen molar-refractivity contribution in [2.45, 2.75) is 59.3 Å². The van der Waals surface area contributed by atoms with Crippen LogP contribution in [0.25, 0.3) is 0 Å². The van der Waals surface area contributed by atoms with Gasteiger partial charge < -0.3 is 9.84 Å². The second kappa shape index (κ2) is 15.9. The highest BCUT2D eigenvalue weighted by atomic mass is 16.5. The number of rotatable bonds is 8. The lowest BCUT2D eigenvalue weighted by molar-refractivity contribution is -0.137. The van der Waals surface area contributed by atoms with E-state index in [-0.39, 0.29) is 0 Å². The van der Waals surface area contributed by atoms with E-state index in [1.54, 1.807) is 0 Å². The third kappa shape index (κ3) is 24.7. The second-order valence-electron chi connectivity index (χ2n) is 3.46. The van der Waals surface area contributed by atoms with Crippen molar-refractivity contribution in [3.8, 4) is 0 Å². The van der Waals surface area contributed by atoms with Crippen LogP contribution in [0.15, 0.2) is 0 Å². The van der Waals surface area contributed by atoms with E-state index in [4.69, 9.17) is 9.84 Å². The molecule has 3 nitrogen and oxygen atoms in total. The molecule has 0 aromatic heterocycles. The summed E-state index contributed by atoms with van der Waals surface area (Å²) in [5.74, 6) is -0.711. The van der Waals surface area contributed by atoms with Gasteiger partial charge in [-0.15, -0.1) is 0 Å². The summed E-state index contributed by atoms with van der Waals surface area (Å²) in [6.07, 6.45) is 5.93. The van der Waals surface area contributed by atoms with Gasteiger partial charge in [0.05, 0.1) is 0 Å². The molecular formula is C12H26O3. The van der Waals surface area contributed by atoms with Crippen LogP contribution >= 0.6 is 0 Å². The average Bonchev–Trinajstić information content (AvgIpc) is 2.18. The van der Waals surface area contributed by atoms with Crippen LogP contribution in [0.5, 0.6) is 0 Å². The Labute approximate surface area is 93.8 Å². The maximum Gasteiger partial charge on any atom is 0.303 e. The summed E-state index contributed by atoms with van der Waals surface area (Å²) in [4.78, 5) is 9.60. The second-order valence-corrected chi connectivity index (χ2v) is 3.46. The van der Waals surface area contributed by atoms with Crippen LogP contribution in [-0.4, -0.2) is 24.3 Å². The van der Waals surface area contributed by atoms with Gasteiger partial charge in [-0.25, -0.2) is 0 Å². The molecule has 0 bridgehead atoms. The van der Waals surface area contributed by atoms with E-state index in [0.29, 0.717) is 6.42 Å². The summed E-state index contributed by atoms with van der Waals surface area (Å²) in [5, 5.41) is 7.91. The van der Waals surface area contributed by atoms with Crippen LogP contribution in [-0.2, 0) is 9.53 Å². The zero-order chi connectivity index (χ0) is 11.9. The number of hydrogen-bond donors (Lipinski definition) is 1. The van der Waals surface area contributed by atoms with Crippen molar-refractivity contribution in [2.24, 2.45) is 0 Å². The topological polar surface area (TPSA) is 46.5 Å². The van der Waals surface area contributed by atoms with Gasteiger partial charge in [0.2, 0.25) is 0 Å². The molecule has 0 aliphatic heterocycles. The van der Waals surface area contributed by atoms with E-state index in [1.165, 1.54) is 25.7 Å². The average molecular weight is 218 g/mol. The normalized spacial score (nSPS) is 9.27. The van der Waals surface area contributed by atoms with Gasteiger partial charge in [0.25, 0.3) is 0 Å². The number of carboxylic acid groups (broad SMARTS) is 1. The quantitative estimate of drug-likeness (QED) is 0.634. The van der Waals surface area contributed by atoms with Crippen LogP contribution in [0.1, 0.15) is 59.3 Å². The summed E-state index contributed by atoms with van der Waals surface area (Å²) in [6, 6.07) is 0. The van der Waals surface area contributed by atoms with Crippen molar-refractivity contribution in [1.82, 2.24) is 0 Å². The molecule has 0 unspecified atom stereocenters. The first-order valence-corrected chi connectivity index (χ1v) is 5.98. The lowest BCUT2D eigenvalue weighted by Gasteiger charge is -1.99. The monoisotopic (exact) mass is 218 g/mol. The highest BCUT2D eigenvalue weighted by molar-refractivity contribution is 5.66. The number of ether oxygens (including phenoxy) is 1. The van der Waals surface area contributed by atoms with E-state index < -0.39 is 5.97 Å². The van der Waals surface area contributed by atoms with Crippen molar-refractivity contribution in [1.29, 1.82) is 0 Å². The van der Waals surface area contributed by atoms with E-state index in [0.717, 1.165) is 19.6 Å². The zero-order valence-corrected chi connectivity index (χ0v) is 10.4. The Kier molecular flexibility index (Phi) is 17.8. The zero-order valence-electron chi connectivity index (χ0n) is 10.4. The third-order valence-electron chi connectivity index (χ3n) is 1.75. The lowest BCUT2D eigenvalue weighted by Crippen LogP contribution is -1.95. The molecule has 15 heavy (non-hydrogen) atoms. The van der Waals surface area contributed by atoms with E-state index in [1.807, 2.05) is 6.92 Å². The molecule has 0 aliphatic rings. The highest BCUT2D eigenvalue weighted by Gasteiger charge is 1.87. The number of aliphatic carboxylic acids is 1. The largest absolute Gasteiger partial charge is 0.481 e. The van der Waals surface area contributed by atoms with Crippen LogP contribution in [0.2, 0.25) is 0 Å². The fourth-order valence-electron chi connectivity index (χ4n) is 0.809. The summed E-state index contributed by atoms with van der Waals surface area (Å²) >= 11 is 0. The fraction of sp³-hybridized carbons (Fsp3) is 0.917. The summed E-state index contributed by atoms with van der Waals surface area (Å²) < 4.78 is 5.31. The minimum Gasteiger partial charge on any atom is -0.481 e. The van der Waals surface area contributed by atoms with Crippen molar-refractivity contribution >= 4 is 5.97 Å². The Bertz CT molecular complexity index is 118. The number of unbranched alkanes of at least 4 members (excludes halogenated alkanes) is 2. The van der Waals surface area contributed by atoms with Crippen molar-refractivity contribution in [3.63, 3.8) is 0 Å². The molecule has 0 fully saturated rings. The summed E-state index contributed by atoms with van der Waals surface area (Å²) in [5.41, 5.74) is 0. The molecule has 0 heterocycles. The molecule has 3 heteroatoms.